The van der Waals surface area contributed by atoms with Crippen molar-refractivity contribution in [2.24, 2.45) is 0 Å². The van der Waals surface area contributed by atoms with E-state index in [4.69, 9.17) is 5.26 Å². The molecule has 0 radical (unpaired) electrons. The van der Waals surface area contributed by atoms with Crippen molar-refractivity contribution in [3.8, 4) is 6.07 Å². The van der Waals surface area contributed by atoms with Crippen LogP contribution >= 0.6 is 27.3 Å². The molecule has 4 nitrogen and oxygen atoms in total. The molecule has 0 saturated heterocycles. The molecule has 104 valence electrons. The molecule has 0 aliphatic heterocycles. The predicted molar refractivity (Wildman–Crippen MR) is 83.5 cm³/mol. The van der Waals surface area contributed by atoms with Gasteiger partial charge >= 0.3 is 0 Å². The fourth-order valence-corrected chi connectivity index (χ4v) is 5.19. The van der Waals surface area contributed by atoms with Gasteiger partial charge in [0.2, 0.25) is 0 Å². The van der Waals surface area contributed by atoms with Crippen molar-refractivity contribution in [1.82, 2.24) is 0 Å². The summed E-state index contributed by atoms with van der Waals surface area (Å²) in [4.78, 5) is 0. The fourth-order valence-electron chi connectivity index (χ4n) is 1.60. The molecule has 7 heteroatoms. The van der Waals surface area contributed by atoms with Gasteiger partial charge in [-0.2, -0.15) is 5.26 Å². The lowest BCUT2D eigenvalue weighted by molar-refractivity contribution is 0.596. The third-order valence-electron chi connectivity index (χ3n) is 2.79. The molecule has 1 heterocycles. The zero-order valence-corrected chi connectivity index (χ0v) is 14.0. The Labute approximate surface area is 130 Å². The molecule has 0 unspecified atom stereocenters. The Hall–Kier alpha value is -1.36. The quantitative estimate of drug-likeness (QED) is 0.830. The van der Waals surface area contributed by atoms with Crippen LogP contribution < -0.4 is 4.31 Å². The maximum absolute atomic E-state index is 12.5. The average Bonchev–Trinajstić information content (AvgIpc) is 2.78. The maximum atomic E-state index is 12.5. The van der Waals surface area contributed by atoms with Crippen LogP contribution in [0, 0.1) is 18.3 Å². The summed E-state index contributed by atoms with van der Waals surface area (Å²) in [6, 6.07) is 10.1. The Balaban J connectivity index is 2.46. The first kappa shape index (κ1) is 15.0. The molecule has 2 aromatic rings. The molecule has 0 fully saturated rings. The number of hydrogen-bond acceptors (Lipinski definition) is 4. The first-order valence-electron chi connectivity index (χ1n) is 5.61. The van der Waals surface area contributed by atoms with E-state index >= 15 is 0 Å². The third-order valence-corrected chi connectivity index (χ3v) is 7.16. The number of thiophene rings is 1. The summed E-state index contributed by atoms with van der Waals surface area (Å²) in [6.45, 7) is 1.84. The van der Waals surface area contributed by atoms with E-state index in [1.165, 1.54) is 22.7 Å². The highest BCUT2D eigenvalue weighted by Gasteiger charge is 2.24. The standard InChI is InChI=1S/C13H11BrN2O2S2/c1-9-6-12(19-13(9)14)20(17,18)16(2)11-5-3-4-10(7-11)8-15/h3-7H,1-2H3. The number of halogens is 1. The summed E-state index contributed by atoms with van der Waals surface area (Å²) in [5, 5.41) is 8.88. The molecule has 1 aromatic heterocycles. The second-order valence-electron chi connectivity index (χ2n) is 4.16. The van der Waals surface area contributed by atoms with Gasteiger partial charge in [-0.15, -0.1) is 11.3 Å². The molecule has 20 heavy (non-hydrogen) atoms. The van der Waals surface area contributed by atoms with Crippen LogP contribution in [-0.2, 0) is 10.0 Å². The molecule has 0 amide bonds. The van der Waals surface area contributed by atoms with E-state index in [9.17, 15) is 8.42 Å². The fraction of sp³-hybridized carbons (Fsp3) is 0.154. The summed E-state index contributed by atoms with van der Waals surface area (Å²) < 4.78 is 27.3. The topological polar surface area (TPSA) is 61.2 Å². The van der Waals surface area contributed by atoms with Crippen molar-refractivity contribution in [2.75, 3.05) is 11.4 Å². The van der Waals surface area contributed by atoms with E-state index in [-0.39, 0.29) is 4.21 Å². The number of aryl methyl sites for hydroxylation is 1. The molecule has 0 bridgehead atoms. The van der Waals surface area contributed by atoms with Gasteiger partial charge < -0.3 is 0 Å². The second-order valence-corrected chi connectivity index (χ2v) is 8.72. The van der Waals surface area contributed by atoms with Gasteiger partial charge in [-0.05, 0) is 52.7 Å². The van der Waals surface area contributed by atoms with Crippen molar-refractivity contribution >= 4 is 43.0 Å². The number of hydrogen-bond donors (Lipinski definition) is 0. The minimum atomic E-state index is -3.61. The highest BCUT2D eigenvalue weighted by molar-refractivity contribution is 9.11. The van der Waals surface area contributed by atoms with Gasteiger partial charge in [-0.1, -0.05) is 6.07 Å². The predicted octanol–water partition coefficient (Wildman–Crippen LogP) is 3.52. The first-order chi connectivity index (χ1) is 9.36. The van der Waals surface area contributed by atoms with Gasteiger partial charge in [-0.3, -0.25) is 4.31 Å². The molecule has 0 aliphatic carbocycles. The van der Waals surface area contributed by atoms with Crippen LogP contribution in [0.3, 0.4) is 0 Å². The van der Waals surface area contributed by atoms with E-state index < -0.39 is 10.0 Å². The van der Waals surface area contributed by atoms with Gasteiger partial charge in [0.05, 0.1) is 21.1 Å². The van der Waals surface area contributed by atoms with Crippen LogP contribution in [0.25, 0.3) is 0 Å². The Kier molecular flexibility index (Phi) is 4.18. The van der Waals surface area contributed by atoms with Crippen molar-refractivity contribution in [3.05, 3.63) is 45.2 Å². The van der Waals surface area contributed by atoms with Crippen LogP contribution in [0.5, 0.6) is 0 Å². The molecular formula is C13H11BrN2O2S2. The number of nitrogens with zero attached hydrogens (tertiary/aromatic N) is 2. The number of nitriles is 1. The minimum Gasteiger partial charge on any atom is -0.269 e. The van der Waals surface area contributed by atoms with Gasteiger partial charge in [0.15, 0.2) is 0 Å². The van der Waals surface area contributed by atoms with E-state index in [1.807, 2.05) is 13.0 Å². The Morgan fingerprint density at radius 2 is 2.05 bits per heavy atom. The molecule has 0 aliphatic rings. The number of sulfonamides is 1. The van der Waals surface area contributed by atoms with Crippen molar-refractivity contribution in [2.45, 2.75) is 11.1 Å². The van der Waals surface area contributed by atoms with Crippen molar-refractivity contribution in [1.29, 1.82) is 5.26 Å². The minimum absolute atomic E-state index is 0.270. The van der Waals surface area contributed by atoms with Gasteiger partial charge in [-0.25, -0.2) is 8.42 Å². The van der Waals surface area contributed by atoms with E-state index in [2.05, 4.69) is 15.9 Å². The van der Waals surface area contributed by atoms with Gasteiger partial charge in [0, 0.05) is 7.05 Å². The SMILES string of the molecule is Cc1cc(S(=O)(=O)N(C)c2cccc(C#N)c2)sc1Br. The summed E-state index contributed by atoms with van der Waals surface area (Å²) in [7, 11) is -2.13. The summed E-state index contributed by atoms with van der Waals surface area (Å²) in [5.41, 5.74) is 1.77. The lowest BCUT2D eigenvalue weighted by atomic mass is 10.2. The lowest BCUT2D eigenvalue weighted by Crippen LogP contribution is -2.25. The summed E-state index contributed by atoms with van der Waals surface area (Å²) in [6.07, 6.45) is 0. The number of anilines is 1. The van der Waals surface area contributed by atoms with Gasteiger partial charge in [0.25, 0.3) is 10.0 Å². The molecule has 0 spiro atoms. The van der Waals surface area contributed by atoms with Crippen LogP contribution in [0.2, 0.25) is 0 Å². The van der Waals surface area contributed by atoms with E-state index in [0.717, 1.165) is 9.35 Å². The zero-order valence-electron chi connectivity index (χ0n) is 10.8. The second kappa shape index (κ2) is 5.56. The molecular weight excluding hydrogens is 360 g/mol. The van der Waals surface area contributed by atoms with Crippen LogP contribution in [0.15, 0.2) is 38.3 Å². The third kappa shape index (κ3) is 2.73. The van der Waals surface area contributed by atoms with E-state index in [1.54, 1.807) is 30.3 Å². The molecule has 0 atom stereocenters. The Bertz CT molecular complexity index is 771. The highest BCUT2D eigenvalue weighted by atomic mass is 79.9. The van der Waals surface area contributed by atoms with E-state index in [0.29, 0.717) is 11.3 Å². The molecule has 0 saturated carbocycles. The number of benzene rings is 1. The maximum Gasteiger partial charge on any atom is 0.273 e. The van der Waals surface area contributed by atoms with Crippen LogP contribution in [-0.4, -0.2) is 15.5 Å². The lowest BCUT2D eigenvalue weighted by Gasteiger charge is -2.18. The molecule has 0 N–H and O–H groups in total. The van der Waals surface area contributed by atoms with Crippen molar-refractivity contribution in [3.63, 3.8) is 0 Å². The monoisotopic (exact) mass is 370 g/mol. The van der Waals surface area contributed by atoms with Crippen LogP contribution in [0.4, 0.5) is 5.69 Å². The largest absolute Gasteiger partial charge is 0.273 e. The Morgan fingerprint density at radius 3 is 2.60 bits per heavy atom. The van der Waals surface area contributed by atoms with Crippen molar-refractivity contribution < 1.29 is 8.42 Å². The summed E-state index contributed by atoms with van der Waals surface area (Å²) >= 11 is 4.51. The van der Waals surface area contributed by atoms with Crippen LogP contribution in [0.1, 0.15) is 11.1 Å². The smallest absolute Gasteiger partial charge is 0.269 e. The highest BCUT2D eigenvalue weighted by Crippen LogP contribution is 2.33. The normalized spacial score (nSPS) is 11.1. The molecule has 1 aromatic carbocycles. The summed E-state index contributed by atoms with van der Waals surface area (Å²) in [5.74, 6) is 0. The van der Waals surface area contributed by atoms with Gasteiger partial charge in [0.1, 0.15) is 4.21 Å². The first-order valence-corrected chi connectivity index (χ1v) is 8.66. The zero-order chi connectivity index (χ0) is 14.9. The number of rotatable bonds is 3. The Morgan fingerprint density at radius 1 is 1.35 bits per heavy atom. The average molecular weight is 371 g/mol. The molecule has 2 rings (SSSR count).